The first-order valence-corrected chi connectivity index (χ1v) is 6.41. The van der Waals surface area contributed by atoms with Gasteiger partial charge in [0.15, 0.2) is 0 Å². The summed E-state index contributed by atoms with van der Waals surface area (Å²) in [6.45, 7) is 2.55. The molecule has 2 heterocycles. The minimum absolute atomic E-state index is 0.251. The number of pyridine rings is 1. The zero-order valence-corrected chi connectivity index (χ0v) is 11.0. The molecule has 1 fully saturated rings. The van der Waals surface area contributed by atoms with Gasteiger partial charge in [0.25, 0.3) is 0 Å². The number of carbonyl (C=O) groups is 1. The van der Waals surface area contributed by atoms with Crippen LogP contribution in [0.15, 0.2) is 18.3 Å². The van der Waals surface area contributed by atoms with Gasteiger partial charge in [0.2, 0.25) is 5.91 Å². The molecule has 1 aromatic rings. The molecule has 0 spiro atoms. The van der Waals surface area contributed by atoms with Crippen LogP contribution in [0.3, 0.4) is 0 Å². The summed E-state index contributed by atoms with van der Waals surface area (Å²) in [5.41, 5.74) is -1.39. The molecular weight excluding hydrogens is 271 g/mol. The SMILES string of the molecule is CC1(C(=O)Nc2ccc(C(F)(F)F)nc2)CCCCN1. The van der Waals surface area contributed by atoms with E-state index in [0.29, 0.717) is 6.42 Å². The highest BCUT2D eigenvalue weighted by atomic mass is 19.4. The molecule has 110 valence electrons. The molecule has 1 aliphatic rings. The van der Waals surface area contributed by atoms with Gasteiger partial charge in [-0.15, -0.1) is 0 Å². The van der Waals surface area contributed by atoms with Crippen molar-refractivity contribution >= 4 is 11.6 Å². The summed E-state index contributed by atoms with van der Waals surface area (Å²) in [4.78, 5) is 15.5. The highest BCUT2D eigenvalue weighted by molar-refractivity contribution is 5.97. The number of piperidine rings is 1. The average molecular weight is 287 g/mol. The van der Waals surface area contributed by atoms with Gasteiger partial charge in [0, 0.05) is 0 Å². The molecule has 0 saturated carbocycles. The van der Waals surface area contributed by atoms with Gasteiger partial charge >= 0.3 is 6.18 Å². The standard InChI is InChI=1S/C13H16F3N3O/c1-12(6-2-3-7-18-12)11(20)19-9-4-5-10(17-8-9)13(14,15)16/h4-5,8,18H,2-3,6-7H2,1H3,(H,19,20). The van der Waals surface area contributed by atoms with Gasteiger partial charge in [-0.2, -0.15) is 13.2 Å². The van der Waals surface area contributed by atoms with Crippen molar-refractivity contribution in [3.05, 3.63) is 24.0 Å². The van der Waals surface area contributed by atoms with E-state index in [1.807, 2.05) is 0 Å². The third-order valence-electron chi connectivity index (χ3n) is 3.43. The lowest BCUT2D eigenvalue weighted by Gasteiger charge is -2.33. The second-order valence-electron chi connectivity index (χ2n) is 5.10. The highest BCUT2D eigenvalue weighted by Crippen LogP contribution is 2.28. The Kier molecular flexibility index (Phi) is 3.99. The van der Waals surface area contributed by atoms with E-state index in [0.717, 1.165) is 31.6 Å². The van der Waals surface area contributed by atoms with Gasteiger partial charge in [0.05, 0.1) is 17.4 Å². The van der Waals surface area contributed by atoms with Gasteiger partial charge in [-0.25, -0.2) is 4.98 Å². The Hall–Kier alpha value is -1.63. The van der Waals surface area contributed by atoms with E-state index >= 15 is 0 Å². The lowest BCUT2D eigenvalue weighted by molar-refractivity contribution is -0.141. The van der Waals surface area contributed by atoms with Crippen LogP contribution in [0.25, 0.3) is 0 Å². The predicted molar refractivity (Wildman–Crippen MR) is 68.1 cm³/mol. The first kappa shape index (κ1) is 14.8. The summed E-state index contributed by atoms with van der Waals surface area (Å²) in [6, 6.07) is 2.06. The maximum atomic E-state index is 12.4. The molecule has 0 aromatic carbocycles. The summed E-state index contributed by atoms with van der Waals surface area (Å²) in [5, 5.41) is 5.74. The Morgan fingerprint density at radius 2 is 2.15 bits per heavy atom. The van der Waals surface area contributed by atoms with E-state index < -0.39 is 17.4 Å². The summed E-state index contributed by atoms with van der Waals surface area (Å²) in [5.74, 6) is -0.251. The second-order valence-corrected chi connectivity index (χ2v) is 5.10. The fourth-order valence-electron chi connectivity index (χ4n) is 2.15. The number of carbonyl (C=O) groups excluding carboxylic acids is 1. The van der Waals surface area contributed by atoms with Crippen LogP contribution in [0, 0.1) is 0 Å². The summed E-state index contributed by atoms with van der Waals surface area (Å²) in [7, 11) is 0. The van der Waals surface area contributed by atoms with E-state index in [9.17, 15) is 18.0 Å². The Morgan fingerprint density at radius 3 is 2.65 bits per heavy atom. The molecule has 7 heteroatoms. The summed E-state index contributed by atoms with van der Waals surface area (Å²) >= 11 is 0. The molecule has 1 amide bonds. The van der Waals surface area contributed by atoms with Crippen LogP contribution >= 0.6 is 0 Å². The van der Waals surface area contributed by atoms with Gasteiger partial charge in [-0.1, -0.05) is 0 Å². The molecule has 0 bridgehead atoms. The minimum atomic E-state index is -4.47. The van der Waals surface area contributed by atoms with Crippen molar-refractivity contribution in [2.45, 2.75) is 37.9 Å². The van der Waals surface area contributed by atoms with Crippen molar-refractivity contribution in [3.8, 4) is 0 Å². The van der Waals surface area contributed by atoms with E-state index in [2.05, 4.69) is 15.6 Å². The van der Waals surface area contributed by atoms with Gasteiger partial charge in [-0.05, 0) is 44.9 Å². The van der Waals surface area contributed by atoms with Crippen molar-refractivity contribution in [1.29, 1.82) is 0 Å². The van der Waals surface area contributed by atoms with Gasteiger partial charge in [0.1, 0.15) is 5.69 Å². The first-order chi connectivity index (χ1) is 9.31. The highest BCUT2D eigenvalue weighted by Gasteiger charge is 2.35. The average Bonchev–Trinajstić information content (AvgIpc) is 2.39. The number of hydrogen-bond donors (Lipinski definition) is 2. The lowest BCUT2D eigenvalue weighted by Crippen LogP contribution is -2.54. The molecule has 1 saturated heterocycles. The molecule has 20 heavy (non-hydrogen) atoms. The second kappa shape index (κ2) is 5.40. The smallest absolute Gasteiger partial charge is 0.323 e. The van der Waals surface area contributed by atoms with Crippen LogP contribution in [0.4, 0.5) is 18.9 Å². The molecule has 1 unspecified atom stereocenters. The van der Waals surface area contributed by atoms with E-state index in [1.165, 1.54) is 6.07 Å². The predicted octanol–water partition coefficient (Wildman–Crippen LogP) is 2.57. The molecule has 2 rings (SSSR count). The number of nitrogens with zero attached hydrogens (tertiary/aromatic N) is 1. The monoisotopic (exact) mass is 287 g/mol. The van der Waals surface area contributed by atoms with Crippen molar-refractivity contribution in [3.63, 3.8) is 0 Å². The Morgan fingerprint density at radius 1 is 1.40 bits per heavy atom. The quantitative estimate of drug-likeness (QED) is 0.879. The normalized spacial score (nSPS) is 23.4. The molecule has 0 radical (unpaired) electrons. The Balaban J connectivity index is 2.04. The lowest BCUT2D eigenvalue weighted by atomic mass is 9.90. The third-order valence-corrected chi connectivity index (χ3v) is 3.43. The molecule has 4 nitrogen and oxygen atoms in total. The third kappa shape index (κ3) is 3.27. The van der Waals surface area contributed by atoms with Crippen LogP contribution in [-0.4, -0.2) is 23.0 Å². The number of rotatable bonds is 2. The van der Waals surface area contributed by atoms with Crippen molar-refractivity contribution in [2.75, 3.05) is 11.9 Å². The topological polar surface area (TPSA) is 54.0 Å². The van der Waals surface area contributed by atoms with Crippen LogP contribution in [0.1, 0.15) is 31.9 Å². The molecule has 1 atom stereocenters. The van der Waals surface area contributed by atoms with E-state index in [1.54, 1.807) is 6.92 Å². The van der Waals surface area contributed by atoms with Crippen molar-refractivity contribution in [1.82, 2.24) is 10.3 Å². The number of anilines is 1. The fraction of sp³-hybridized carbons (Fsp3) is 0.538. The maximum absolute atomic E-state index is 12.4. The van der Waals surface area contributed by atoms with Gasteiger partial charge < -0.3 is 10.6 Å². The van der Waals surface area contributed by atoms with E-state index in [4.69, 9.17) is 0 Å². The maximum Gasteiger partial charge on any atom is 0.433 e. The Bertz CT molecular complexity index is 479. The zero-order chi connectivity index (χ0) is 14.8. The van der Waals surface area contributed by atoms with Crippen LogP contribution < -0.4 is 10.6 Å². The summed E-state index contributed by atoms with van der Waals surface area (Å²) < 4.78 is 37.1. The molecule has 0 aliphatic carbocycles. The first-order valence-electron chi connectivity index (χ1n) is 6.41. The number of halogens is 3. The minimum Gasteiger partial charge on any atom is -0.323 e. The zero-order valence-electron chi connectivity index (χ0n) is 11.0. The van der Waals surface area contributed by atoms with E-state index in [-0.39, 0.29) is 11.6 Å². The number of amides is 1. The Labute approximate surface area is 114 Å². The summed E-state index contributed by atoms with van der Waals surface area (Å²) in [6.07, 6.45) is -0.786. The van der Waals surface area contributed by atoms with Crippen molar-refractivity contribution in [2.24, 2.45) is 0 Å². The number of nitrogens with one attached hydrogen (secondary N) is 2. The number of aromatic nitrogens is 1. The molecule has 1 aliphatic heterocycles. The van der Waals surface area contributed by atoms with Crippen LogP contribution in [0.5, 0.6) is 0 Å². The van der Waals surface area contributed by atoms with Crippen molar-refractivity contribution < 1.29 is 18.0 Å². The number of hydrogen-bond acceptors (Lipinski definition) is 3. The molecule has 2 N–H and O–H groups in total. The van der Waals surface area contributed by atoms with Crippen LogP contribution in [0.2, 0.25) is 0 Å². The van der Waals surface area contributed by atoms with Crippen LogP contribution in [-0.2, 0) is 11.0 Å². The number of alkyl halides is 3. The molecular formula is C13H16F3N3O. The fourth-order valence-corrected chi connectivity index (χ4v) is 2.15. The largest absolute Gasteiger partial charge is 0.433 e. The molecule has 1 aromatic heterocycles. The van der Waals surface area contributed by atoms with Gasteiger partial charge in [-0.3, -0.25) is 4.79 Å².